The quantitative estimate of drug-likeness (QED) is 0.680. The number of hydrogen-bond donors (Lipinski definition) is 1. The fourth-order valence-electron chi connectivity index (χ4n) is 3.39. The van der Waals surface area contributed by atoms with E-state index in [9.17, 15) is 32.3 Å². The molecule has 0 aliphatic carbocycles. The lowest BCUT2D eigenvalue weighted by Crippen LogP contribution is -2.41. The smallest absolute Gasteiger partial charge is 0.452 e. The number of alkyl halides is 3. The fourth-order valence-corrected chi connectivity index (χ4v) is 3.39. The van der Waals surface area contributed by atoms with Gasteiger partial charge in [-0.05, 0) is 17.7 Å². The second-order valence-corrected chi connectivity index (χ2v) is 6.45. The van der Waals surface area contributed by atoms with E-state index in [1.165, 1.54) is 17.2 Å². The lowest BCUT2D eigenvalue weighted by molar-refractivity contribution is -0.274. The largest absolute Gasteiger partial charge is 0.573 e. The predicted molar refractivity (Wildman–Crippen MR) is 89.0 cm³/mol. The second-order valence-electron chi connectivity index (χ2n) is 6.45. The highest BCUT2D eigenvalue weighted by Gasteiger charge is 2.61. The lowest BCUT2D eigenvalue weighted by atomic mass is 9.90. The van der Waals surface area contributed by atoms with Crippen LogP contribution in [0.15, 0.2) is 24.3 Å². The molecule has 30 heavy (non-hydrogen) atoms. The summed E-state index contributed by atoms with van der Waals surface area (Å²) in [4.78, 5) is 54.0. The summed E-state index contributed by atoms with van der Waals surface area (Å²) in [6.07, 6.45) is -7.60. The zero-order chi connectivity index (χ0) is 22.2. The number of fused-ring (bicyclic) bond motifs is 1. The summed E-state index contributed by atoms with van der Waals surface area (Å²) in [5.41, 5.74) is 5.44. The minimum absolute atomic E-state index is 0.0907. The van der Waals surface area contributed by atoms with Gasteiger partial charge in [-0.2, -0.15) is 9.96 Å². The van der Waals surface area contributed by atoms with Crippen molar-refractivity contribution in [1.82, 2.24) is 9.96 Å². The molecule has 2 heterocycles. The van der Waals surface area contributed by atoms with E-state index in [1.807, 2.05) is 0 Å². The summed E-state index contributed by atoms with van der Waals surface area (Å²) in [6, 6.07) is 3.60. The molecular weight excluding hydrogens is 415 g/mol. The van der Waals surface area contributed by atoms with Crippen molar-refractivity contribution in [3.05, 3.63) is 29.8 Å². The lowest BCUT2D eigenvalue weighted by Gasteiger charge is -2.26. The van der Waals surface area contributed by atoms with E-state index in [2.05, 4.69) is 9.47 Å². The van der Waals surface area contributed by atoms with Gasteiger partial charge in [-0.15, -0.1) is 13.2 Å². The number of nitrogens with two attached hydrogens (primary N) is 1. The van der Waals surface area contributed by atoms with Gasteiger partial charge in [-0.1, -0.05) is 12.1 Å². The summed E-state index contributed by atoms with van der Waals surface area (Å²) in [5.74, 6) is -4.18. The van der Waals surface area contributed by atoms with Gasteiger partial charge in [-0.3, -0.25) is 19.2 Å². The SMILES string of the molecule is COC(=O)N1C(=O)C2ON(CCC(N)=O)C(c3ccc(OC(F)(F)F)cc3)C2C1=O. The Morgan fingerprint density at radius 1 is 1.17 bits per heavy atom. The maximum absolute atomic E-state index is 12.8. The number of hydrogen-bond acceptors (Lipinski definition) is 8. The molecule has 4 amide bonds. The van der Waals surface area contributed by atoms with Crippen molar-refractivity contribution >= 4 is 23.8 Å². The number of ether oxygens (including phenoxy) is 2. The van der Waals surface area contributed by atoms with Gasteiger partial charge in [0.2, 0.25) is 11.8 Å². The molecule has 2 aliphatic heterocycles. The van der Waals surface area contributed by atoms with E-state index < -0.39 is 54.0 Å². The summed E-state index contributed by atoms with van der Waals surface area (Å²) in [7, 11) is 0.994. The van der Waals surface area contributed by atoms with Gasteiger partial charge >= 0.3 is 12.5 Å². The van der Waals surface area contributed by atoms with Crippen LogP contribution in [-0.2, 0) is 24.0 Å². The predicted octanol–water partition coefficient (Wildman–Crippen LogP) is 0.869. The van der Waals surface area contributed by atoms with Crippen molar-refractivity contribution in [3.63, 3.8) is 0 Å². The van der Waals surface area contributed by atoms with Gasteiger partial charge < -0.3 is 15.2 Å². The van der Waals surface area contributed by atoms with Gasteiger partial charge in [0, 0.05) is 13.0 Å². The van der Waals surface area contributed by atoms with Crippen LogP contribution in [0, 0.1) is 5.92 Å². The van der Waals surface area contributed by atoms with Crippen LogP contribution in [0.4, 0.5) is 18.0 Å². The third-order valence-corrected chi connectivity index (χ3v) is 4.59. The van der Waals surface area contributed by atoms with Crippen LogP contribution in [0.5, 0.6) is 5.75 Å². The molecule has 3 unspecified atom stereocenters. The molecule has 0 saturated carbocycles. The Morgan fingerprint density at radius 2 is 1.80 bits per heavy atom. The van der Waals surface area contributed by atoms with E-state index in [-0.39, 0.29) is 13.0 Å². The van der Waals surface area contributed by atoms with Gasteiger partial charge in [-0.25, -0.2) is 4.79 Å². The molecule has 3 atom stereocenters. The number of rotatable bonds is 5. The topological polar surface area (TPSA) is 128 Å². The monoisotopic (exact) mass is 431 g/mol. The Bertz CT molecular complexity index is 874. The van der Waals surface area contributed by atoms with Gasteiger partial charge in [0.1, 0.15) is 5.75 Å². The first-order valence-corrected chi connectivity index (χ1v) is 8.56. The standard InChI is InChI=1S/C17H16F3N3O7/c1-28-16(27)23-14(25)11-12(8-2-4-9(5-3-8)29-17(18,19)20)22(7-6-10(21)24)30-13(11)15(23)26/h2-5,11-13H,6-7H2,1H3,(H2,21,24). The van der Waals surface area contributed by atoms with Crippen molar-refractivity contribution < 1.29 is 46.7 Å². The molecule has 2 N–H and O–H groups in total. The van der Waals surface area contributed by atoms with E-state index in [0.29, 0.717) is 10.5 Å². The molecule has 0 radical (unpaired) electrons. The van der Waals surface area contributed by atoms with Crippen molar-refractivity contribution in [2.75, 3.05) is 13.7 Å². The number of methoxy groups -OCH3 is 1. The number of nitrogens with zero attached hydrogens (tertiary/aromatic N) is 2. The summed E-state index contributed by atoms with van der Waals surface area (Å²) in [5, 5.41) is 1.18. The van der Waals surface area contributed by atoms with Gasteiger partial charge in [0.25, 0.3) is 5.91 Å². The van der Waals surface area contributed by atoms with E-state index in [4.69, 9.17) is 10.6 Å². The number of hydroxylamine groups is 2. The number of primary amides is 1. The van der Waals surface area contributed by atoms with Gasteiger partial charge in [0.15, 0.2) is 6.10 Å². The van der Waals surface area contributed by atoms with Crippen LogP contribution in [0.3, 0.4) is 0 Å². The molecule has 2 fully saturated rings. The molecule has 0 aromatic heterocycles. The molecule has 13 heteroatoms. The zero-order valence-corrected chi connectivity index (χ0v) is 15.4. The number of likely N-dealkylation sites (tertiary alicyclic amines) is 1. The third kappa shape index (κ3) is 4.07. The highest BCUT2D eigenvalue weighted by atomic mass is 19.4. The Kier molecular flexibility index (Phi) is 5.67. The molecular formula is C17H16F3N3O7. The van der Waals surface area contributed by atoms with Crippen LogP contribution in [0.25, 0.3) is 0 Å². The Balaban J connectivity index is 1.93. The van der Waals surface area contributed by atoms with Crippen molar-refractivity contribution in [2.24, 2.45) is 11.7 Å². The van der Waals surface area contributed by atoms with Gasteiger partial charge in [0.05, 0.1) is 19.1 Å². The summed E-state index contributed by atoms with van der Waals surface area (Å²) >= 11 is 0. The molecule has 1 aromatic rings. The first kappa shape index (κ1) is 21.5. The molecule has 3 rings (SSSR count). The molecule has 0 spiro atoms. The molecule has 162 valence electrons. The number of imide groups is 3. The van der Waals surface area contributed by atoms with E-state index >= 15 is 0 Å². The minimum Gasteiger partial charge on any atom is -0.452 e. The molecule has 1 aromatic carbocycles. The number of carbonyl (C=O) groups is 4. The highest BCUT2D eigenvalue weighted by molar-refractivity contribution is 6.17. The van der Waals surface area contributed by atoms with Crippen molar-refractivity contribution in [1.29, 1.82) is 0 Å². The molecule has 0 bridgehead atoms. The Morgan fingerprint density at radius 3 is 2.33 bits per heavy atom. The van der Waals surface area contributed by atoms with E-state index in [1.54, 1.807) is 0 Å². The van der Waals surface area contributed by atoms with Crippen LogP contribution in [0.1, 0.15) is 18.0 Å². The van der Waals surface area contributed by atoms with Crippen LogP contribution < -0.4 is 10.5 Å². The Labute approximate surface area is 167 Å². The number of carbonyl (C=O) groups excluding carboxylic acids is 4. The maximum Gasteiger partial charge on any atom is 0.573 e. The first-order valence-electron chi connectivity index (χ1n) is 8.56. The third-order valence-electron chi connectivity index (χ3n) is 4.59. The normalized spacial score (nSPS) is 24.1. The van der Waals surface area contributed by atoms with Crippen LogP contribution in [-0.4, -0.2) is 59.9 Å². The second kappa shape index (κ2) is 7.91. The highest BCUT2D eigenvalue weighted by Crippen LogP contribution is 2.45. The van der Waals surface area contributed by atoms with E-state index in [0.717, 1.165) is 19.2 Å². The average molecular weight is 431 g/mol. The summed E-state index contributed by atoms with van der Waals surface area (Å²) < 4.78 is 45.4. The maximum atomic E-state index is 12.8. The minimum atomic E-state index is -4.88. The molecule has 2 aliphatic rings. The average Bonchev–Trinajstić information content (AvgIpc) is 3.15. The Hall–Kier alpha value is -3.19. The molecule has 10 nitrogen and oxygen atoms in total. The zero-order valence-electron chi connectivity index (χ0n) is 15.4. The first-order chi connectivity index (χ1) is 14.0. The number of benzene rings is 1. The van der Waals surface area contributed by atoms with Crippen LogP contribution in [0.2, 0.25) is 0 Å². The molecule has 2 saturated heterocycles. The summed E-state index contributed by atoms with van der Waals surface area (Å²) in [6.45, 7) is -0.0907. The fraction of sp³-hybridized carbons (Fsp3) is 0.412. The number of amides is 4. The van der Waals surface area contributed by atoms with Crippen molar-refractivity contribution in [3.8, 4) is 5.75 Å². The number of halogens is 3. The van der Waals surface area contributed by atoms with Crippen molar-refractivity contribution in [2.45, 2.75) is 24.9 Å². The van der Waals surface area contributed by atoms with Crippen LogP contribution >= 0.6 is 0 Å².